The van der Waals surface area contributed by atoms with Gasteiger partial charge in [0.25, 0.3) is 0 Å². The van der Waals surface area contributed by atoms with Gasteiger partial charge in [-0.2, -0.15) is 0 Å². The molecule has 0 radical (unpaired) electrons. The molecule has 9 saturated carbocycles. The Morgan fingerprint density at radius 2 is 0.500 bits per heavy atom. The molecule has 0 nitrogen and oxygen atoms in total. The lowest BCUT2D eigenvalue weighted by atomic mass is 9.44. The van der Waals surface area contributed by atoms with Gasteiger partial charge in [-0.05, 0) is 185 Å². The van der Waals surface area contributed by atoms with Crippen molar-refractivity contribution in [2.75, 3.05) is 0 Å². The highest BCUT2D eigenvalue weighted by Crippen LogP contribution is 2.65. The third-order valence-electron chi connectivity index (χ3n) is 16.7. The zero-order chi connectivity index (χ0) is 24.8. The number of hydrogen-bond donors (Lipinski definition) is 0. The third-order valence-corrected chi connectivity index (χ3v) is 16.7. The first-order valence-electron chi connectivity index (χ1n) is 18.8. The van der Waals surface area contributed by atoms with Crippen LogP contribution in [0.3, 0.4) is 0 Å². The largest absolute Gasteiger partial charge is 0.0530 e. The highest BCUT2D eigenvalue weighted by Gasteiger charge is 2.56. The van der Waals surface area contributed by atoms with E-state index in [1.807, 2.05) is 0 Å². The van der Waals surface area contributed by atoms with Crippen LogP contribution >= 0.6 is 0 Å². The second-order valence-corrected chi connectivity index (χ2v) is 17.6. The summed E-state index contributed by atoms with van der Waals surface area (Å²) >= 11 is 0. The fourth-order valence-electron chi connectivity index (χ4n) is 15.8. The maximum absolute atomic E-state index is 1.69. The van der Waals surface area contributed by atoms with Gasteiger partial charge in [0.2, 0.25) is 0 Å². The van der Waals surface area contributed by atoms with Crippen molar-refractivity contribution in [1.29, 1.82) is 0 Å². The molecule has 0 heterocycles. The van der Waals surface area contributed by atoms with Crippen molar-refractivity contribution < 1.29 is 0 Å². The van der Waals surface area contributed by atoms with Gasteiger partial charge in [0.05, 0.1) is 0 Å². The Morgan fingerprint density at radius 3 is 0.842 bits per heavy atom. The number of hydrogen-bond acceptors (Lipinski definition) is 0. The molecular weight excluding hydrogens is 456 g/mol. The first kappa shape index (κ1) is 24.6. The summed E-state index contributed by atoms with van der Waals surface area (Å²) in [6.45, 7) is 0. The summed E-state index contributed by atoms with van der Waals surface area (Å²) in [4.78, 5) is 0. The van der Waals surface area contributed by atoms with Crippen molar-refractivity contribution in [1.82, 2.24) is 0 Å². The molecule has 38 heavy (non-hydrogen) atoms. The summed E-state index contributed by atoms with van der Waals surface area (Å²) in [5, 5.41) is 0. The Hall–Kier alpha value is 0. The Balaban J connectivity index is 0.941. The van der Waals surface area contributed by atoms with Crippen LogP contribution in [0.25, 0.3) is 0 Å². The van der Waals surface area contributed by atoms with Crippen LogP contribution in [0, 0.1) is 94.7 Å². The van der Waals surface area contributed by atoms with E-state index in [4.69, 9.17) is 0 Å². The molecule has 9 rings (SSSR count). The molecule has 0 N–H and O–H groups in total. The van der Waals surface area contributed by atoms with Gasteiger partial charge in [0.1, 0.15) is 0 Å². The molecular formula is C38H60. The predicted molar refractivity (Wildman–Crippen MR) is 157 cm³/mol. The van der Waals surface area contributed by atoms with E-state index in [1.165, 1.54) is 23.7 Å². The second kappa shape index (κ2) is 9.79. The zero-order valence-corrected chi connectivity index (χ0v) is 24.8. The molecule has 0 amide bonds. The van der Waals surface area contributed by atoms with Crippen LogP contribution in [0.15, 0.2) is 0 Å². The minimum Gasteiger partial charge on any atom is -0.0530 e. The lowest BCUT2D eigenvalue weighted by Crippen LogP contribution is -2.53. The molecule has 0 aliphatic heterocycles. The zero-order valence-electron chi connectivity index (χ0n) is 24.8. The van der Waals surface area contributed by atoms with Crippen molar-refractivity contribution in [3.63, 3.8) is 0 Å². The molecule has 0 bridgehead atoms. The lowest BCUT2D eigenvalue weighted by molar-refractivity contribution is -0.116. The van der Waals surface area contributed by atoms with Gasteiger partial charge < -0.3 is 0 Å². The minimum absolute atomic E-state index is 1.13. The van der Waals surface area contributed by atoms with Crippen molar-refractivity contribution >= 4 is 0 Å². The van der Waals surface area contributed by atoms with Gasteiger partial charge in [-0.1, -0.05) is 51.4 Å². The standard InChI is InChI=1S/C38H60/c1-2-10-34(32-21-29-17-13-25-7-4-8-26-14-18-30(22-32)38(29)36(25)26)33(9-1)31-19-27-15-11-23-5-3-6-24-12-16-28(20-31)37(27)35(23)24/h23-38H,1-22H2. The van der Waals surface area contributed by atoms with Crippen LogP contribution in [0.4, 0.5) is 0 Å². The highest BCUT2D eigenvalue weighted by atomic mass is 14.6. The van der Waals surface area contributed by atoms with E-state index in [1.54, 1.807) is 141 Å². The summed E-state index contributed by atoms with van der Waals surface area (Å²) in [5.74, 6) is 18.5. The average molecular weight is 517 g/mol. The Morgan fingerprint density at radius 1 is 0.211 bits per heavy atom. The van der Waals surface area contributed by atoms with Crippen molar-refractivity contribution in [2.24, 2.45) is 94.7 Å². The van der Waals surface area contributed by atoms with Gasteiger partial charge in [0.15, 0.2) is 0 Å². The molecule has 10 atom stereocenters. The summed E-state index contributed by atoms with van der Waals surface area (Å²) in [6.07, 6.45) is 35.9. The Labute approximate surface area is 235 Å². The summed E-state index contributed by atoms with van der Waals surface area (Å²) in [5.41, 5.74) is 0. The van der Waals surface area contributed by atoms with Gasteiger partial charge in [-0.15, -0.1) is 0 Å². The summed E-state index contributed by atoms with van der Waals surface area (Å²) < 4.78 is 0. The minimum atomic E-state index is 1.13. The topological polar surface area (TPSA) is 0 Å². The van der Waals surface area contributed by atoms with E-state index in [9.17, 15) is 0 Å². The normalized spacial score (nSPS) is 59.4. The van der Waals surface area contributed by atoms with Crippen LogP contribution < -0.4 is 0 Å². The predicted octanol–water partition coefficient (Wildman–Crippen LogP) is 10.6. The van der Waals surface area contributed by atoms with E-state index in [2.05, 4.69) is 0 Å². The summed E-state index contributed by atoms with van der Waals surface area (Å²) in [6, 6.07) is 0. The molecule has 9 aliphatic rings. The first-order valence-corrected chi connectivity index (χ1v) is 18.8. The lowest BCUT2D eigenvalue weighted by Gasteiger charge is -2.61. The fraction of sp³-hybridized carbons (Fsp3) is 1.00. The second-order valence-electron chi connectivity index (χ2n) is 17.6. The highest BCUT2D eigenvalue weighted by molar-refractivity contribution is 5.06. The van der Waals surface area contributed by atoms with Gasteiger partial charge in [-0.25, -0.2) is 0 Å². The monoisotopic (exact) mass is 516 g/mol. The molecule has 9 fully saturated rings. The van der Waals surface area contributed by atoms with Crippen LogP contribution in [0.5, 0.6) is 0 Å². The van der Waals surface area contributed by atoms with E-state index in [-0.39, 0.29) is 0 Å². The molecule has 9 aliphatic carbocycles. The van der Waals surface area contributed by atoms with Crippen molar-refractivity contribution in [3.05, 3.63) is 0 Å². The van der Waals surface area contributed by atoms with E-state index < -0.39 is 0 Å². The Bertz CT molecular complexity index is 736. The average Bonchev–Trinajstić information content (AvgIpc) is 2.98. The van der Waals surface area contributed by atoms with E-state index in [0.717, 1.165) is 71.0 Å². The molecule has 0 aromatic rings. The molecule has 0 aromatic carbocycles. The SMILES string of the molecule is C1CC2CCC3CC(C4CCCCC4C4CC5CCC6CCCC7CCC(C4)C5C67)CC4CCC(C1)C2C34. The van der Waals surface area contributed by atoms with Gasteiger partial charge in [0, 0.05) is 0 Å². The van der Waals surface area contributed by atoms with E-state index >= 15 is 0 Å². The smallest absolute Gasteiger partial charge is 0.0323 e. The van der Waals surface area contributed by atoms with Crippen LogP contribution in [-0.2, 0) is 0 Å². The molecule has 10 unspecified atom stereocenters. The van der Waals surface area contributed by atoms with E-state index in [0.29, 0.717) is 0 Å². The maximum atomic E-state index is 1.69. The van der Waals surface area contributed by atoms with Crippen LogP contribution in [0.2, 0.25) is 0 Å². The number of rotatable bonds is 2. The van der Waals surface area contributed by atoms with Gasteiger partial charge in [-0.3, -0.25) is 0 Å². The van der Waals surface area contributed by atoms with Gasteiger partial charge >= 0.3 is 0 Å². The molecule has 212 valence electrons. The third kappa shape index (κ3) is 3.85. The molecule has 0 heteroatoms. The Kier molecular flexibility index (Phi) is 6.33. The molecule has 0 spiro atoms. The van der Waals surface area contributed by atoms with Crippen LogP contribution in [0.1, 0.15) is 141 Å². The molecule has 0 saturated heterocycles. The van der Waals surface area contributed by atoms with Crippen molar-refractivity contribution in [2.45, 2.75) is 141 Å². The fourth-order valence-corrected chi connectivity index (χ4v) is 15.8. The molecule has 0 aromatic heterocycles. The van der Waals surface area contributed by atoms with Crippen LogP contribution in [-0.4, -0.2) is 0 Å². The first-order chi connectivity index (χ1) is 18.8. The maximum Gasteiger partial charge on any atom is -0.0323 e. The van der Waals surface area contributed by atoms with Crippen molar-refractivity contribution in [3.8, 4) is 0 Å². The quantitative estimate of drug-likeness (QED) is 0.342. The summed E-state index contributed by atoms with van der Waals surface area (Å²) in [7, 11) is 0.